The predicted molar refractivity (Wildman–Crippen MR) is 145 cm³/mol. The third kappa shape index (κ3) is 7.06. The fourth-order valence-electron chi connectivity index (χ4n) is 4.29. The Morgan fingerprint density at radius 1 is 0.778 bits per heavy atom. The average Bonchev–Trinajstić information content (AvgIpc) is 3.32. The molecule has 0 aliphatic rings. The van der Waals surface area contributed by atoms with Crippen LogP contribution in [-0.2, 0) is 28.9 Å². The summed E-state index contributed by atoms with van der Waals surface area (Å²) in [5.74, 6) is -0.368. The summed E-state index contributed by atoms with van der Waals surface area (Å²) >= 11 is 0. The molecule has 1 unspecified atom stereocenters. The molecule has 0 aliphatic heterocycles. The molecule has 0 saturated carbocycles. The van der Waals surface area contributed by atoms with Crippen molar-refractivity contribution in [1.82, 2.24) is 20.9 Å². The summed E-state index contributed by atoms with van der Waals surface area (Å²) in [6.45, 7) is 3.01. The van der Waals surface area contributed by atoms with Crippen LogP contribution in [0, 0.1) is 0 Å². The van der Waals surface area contributed by atoms with Crippen molar-refractivity contribution in [3.8, 4) is 0 Å². The van der Waals surface area contributed by atoms with E-state index in [0.29, 0.717) is 19.5 Å². The number of nitrogens with one attached hydrogen (secondary N) is 4. The monoisotopic (exact) mass is 482 g/mol. The number of aromatic nitrogens is 1. The molecule has 3 aromatic carbocycles. The molecule has 2 atom stereocenters. The average molecular weight is 483 g/mol. The molecule has 4 aromatic rings. The van der Waals surface area contributed by atoms with Gasteiger partial charge in [-0.3, -0.25) is 9.59 Å². The highest BCUT2D eigenvalue weighted by Gasteiger charge is 2.24. The van der Waals surface area contributed by atoms with Gasteiger partial charge in [-0.1, -0.05) is 78.9 Å². The minimum absolute atomic E-state index is 0.180. The molecular formula is C30H34N4O2. The summed E-state index contributed by atoms with van der Waals surface area (Å²) in [5.41, 5.74) is 4.38. The Kier molecular flexibility index (Phi) is 8.89. The minimum Gasteiger partial charge on any atom is -0.361 e. The van der Waals surface area contributed by atoms with Crippen LogP contribution in [0.1, 0.15) is 23.6 Å². The summed E-state index contributed by atoms with van der Waals surface area (Å²) < 4.78 is 0. The van der Waals surface area contributed by atoms with Crippen molar-refractivity contribution in [3.63, 3.8) is 0 Å². The van der Waals surface area contributed by atoms with Gasteiger partial charge in [-0.2, -0.15) is 0 Å². The van der Waals surface area contributed by atoms with E-state index in [-0.39, 0.29) is 11.8 Å². The summed E-state index contributed by atoms with van der Waals surface area (Å²) in [6.07, 6.45) is 3.89. The van der Waals surface area contributed by atoms with Crippen molar-refractivity contribution in [2.24, 2.45) is 0 Å². The van der Waals surface area contributed by atoms with E-state index in [0.717, 1.165) is 34.9 Å². The van der Waals surface area contributed by atoms with Crippen molar-refractivity contribution >= 4 is 22.7 Å². The van der Waals surface area contributed by atoms with Gasteiger partial charge in [-0.25, -0.2) is 0 Å². The first-order valence-corrected chi connectivity index (χ1v) is 12.5. The number of carbonyl (C=O) groups excluding carboxylic acids is 2. The lowest BCUT2D eigenvalue weighted by Gasteiger charge is -2.21. The molecular weight excluding hydrogens is 448 g/mol. The summed E-state index contributed by atoms with van der Waals surface area (Å²) in [4.78, 5) is 29.5. The highest BCUT2D eigenvalue weighted by Crippen LogP contribution is 2.19. The van der Waals surface area contributed by atoms with Gasteiger partial charge < -0.3 is 20.9 Å². The number of carbonyl (C=O) groups is 2. The minimum atomic E-state index is -0.675. The molecule has 1 heterocycles. The number of amides is 2. The predicted octanol–water partition coefficient (Wildman–Crippen LogP) is 3.77. The first kappa shape index (κ1) is 25.2. The quantitative estimate of drug-likeness (QED) is 0.248. The Hall–Kier alpha value is -3.90. The largest absolute Gasteiger partial charge is 0.361 e. The number of fused-ring (bicyclic) bond motifs is 1. The van der Waals surface area contributed by atoms with Crippen molar-refractivity contribution in [3.05, 3.63) is 108 Å². The maximum atomic E-state index is 13.2. The maximum absolute atomic E-state index is 13.2. The molecule has 36 heavy (non-hydrogen) atoms. The van der Waals surface area contributed by atoms with Crippen molar-refractivity contribution in [1.29, 1.82) is 0 Å². The second kappa shape index (κ2) is 12.7. The molecule has 4 rings (SSSR count). The number of H-pyrrole nitrogens is 1. The van der Waals surface area contributed by atoms with Crippen LogP contribution in [0.15, 0.2) is 91.1 Å². The Labute approximate surface area is 212 Å². The molecule has 0 bridgehead atoms. The standard InChI is InChI=1S/C30H34N4O2/c1-22(31-18-16-23-10-4-2-5-11-23)29(35)34-28(20-25-21-33-27-15-9-8-14-26(25)27)30(36)32-19-17-24-12-6-3-7-13-24/h2-15,21-22,28,31,33H,16-20H2,1H3,(H,32,36)(H,34,35)/t22?,28-/m1/s1. The summed E-state index contributed by atoms with van der Waals surface area (Å²) in [5, 5.41) is 10.3. The third-order valence-electron chi connectivity index (χ3n) is 6.39. The molecule has 0 spiro atoms. The number of hydrogen-bond acceptors (Lipinski definition) is 3. The Morgan fingerprint density at radius 3 is 2.08 bits per heavy atom. The lowest BCUT2D eigenvalue weighted by Crippen LogP contribution is -2.53. The number of benzene rings is 3. The van der Waals surface area contributed by atoms with Gasteiger partial charge in [-0.05, 0) is 49.1 Å². The van der Waals surface area contributed by atoms with Crippen LogP contribution in [0.3, 0.4) is 0 Å². The Morgan fingerprint density at radius 2 is 1.39 bits per heavy atom. The number of para-hydroxylation sites is 1. The van der Waals surface area contributed by atoms with Crippen LogP contribution < -0.4 is 16.0 Å². The molecule has 0 saturated heterocycles. The first-order valence-electron chi connectivity index (χ1n) is 12.5. The van der Waals surface area contributed by atoms with Gasteiger partial charge in [-0.15, -0.1) is 0 Å². The number of aromatic amines is 1. The maximum Gasteiger partial charge on any atom is 0.242 e. The Bertz CT molecular complexity index is 1250. The molecule has 6 heteroatoms. The second-order valence-electron chi connectivity index (χ2n) is 9.06. The molecule has 1 aromatic heterocycles. The Balaban J connectivity index is 1.38. The first-order chi connectivity index (χ1) is 17.6. The normalized spacial score (nSPS) is 12.7. The zero-order chi connectivity index (χ0) is 25.2. The van der Waals surface area contributed by atoms with E-state index in [1.54, 1.807) is 0 Å². The van der Waals surface area contributed by atoms with E-state index >= 15 is 0 Å². The molecule has 6 nitrogen and oxygen atoms in total. The van der Waals surface area contributed by atoms with Gasteiger partial charge in [0.1, 0.15) is 6.04 Å². The third-order valence-corrected chi connectivity index (χ3v) is 6.39. The topological polar surface area (TPSA) is 86.0 Å². The molecule has 2 amide bonds. The summed E-state index contributed by atoms with van der Waals surface area (Å²) in [6, 6.07) is 27.1. The summed E-state index contributed by atoms with van der Waals surface area (Å²) in [7, 11) is 0. The molecule has 0 radical (unpaired) electrons. The second-order valence-corrected chi connectivity index (χ2v) is 9.06. The molecule has 186 valence electrons. The van der Waals surface area contributed by atoms with Crippen LogP contribution in [0.2, 0.25) is 0 Å². The number of hydrogen-bond donors (Lipinski definition) is 4. The van der Waals surface area contributed by atoms with E-state index in [4.69, 9.17) is 0 Å². The van der Waals surface area contributed by atoms with E-state index in [1.165, 1.54) is 5.56 Å². The molecule has 0 fully saturated rings. The van der Waals surface area contributed by atoms with Crippen molar-refractivity contribution < 1.29 is 9.59 Å². The lowest BCUT2D eigenvalue weighted by molar-refractivity contribution is -0.129. The van der Waals surface area contributed by atoms with Gasteiger partial charge in [0.15, 0.2) is 0 Å². The highest BCUT2D eigenvalue weighted by molar-refractivity contribution is 5.91. The van der Waals surface area contributed by atoms with E-state index in [9.17, 15) is 9.59 Å². The van der Waals surface area contributed by atoms with E-state index in [2.05, 4.69) is 33.1 Å². The van der Waals surface area contributed by atoms with Gasteiger partial charge in [0.05, 0.1) is 6.04 Å². The van der Waals surface area contributed by atoms with Crippen LogP contribution in [0.4, 0.5) is 0 Å². The van der Waals surface area contributed by atoms with Gasteiger partial charge >= 0.3 is 0 Å². The van der Waals surface area contributed by atoms with Crippen LogP contribution >= 0.6 is 0 Å². The SMILES string of the molecule is CC(NCCc1ccccc1)C(=O)N[C@H](Cc1c[nH]c2ccccc12)C(=O)NCCc1ccccc1. The van der Waals surface area contributed by atoms with Gasteiger partial charge in [0.25, 0.3) is 0 Å². The van der Waals surface area contributed by atoms with Crippen LogP contribution in [0.25, 0.3) is 10.9 Å². The smallest absolute Gasteiger partial charge is 0.242 e. The van der Waals surface area contributed by atoms with Crippen LogP contribution in [0.5, 0.6) is 0 Å². The van der Waals surface area contributed by atoms with Gasteiger partial charge in [0, 0.05) is 30.1 Å². The fraction of sp³-hybridized carbons (Fsp3) is 0.267. The van der Waals surface area contributed by atoms with Gasteiger partial charge in [0.2, 0.25) is 11.8 Å². The lowest BCUT2D eigenvalue weighted by atomic mass is 10.0. The van der Waals surface area contributed by atoms with Crippen molar-refractivity contribution in [2.45, 2.75) is 38.3 Å². The highest BCUT2D eigenvalue weighted by atomic mass is 16.2. The molecule has 0 aliphatic carbocycles. The zero-order valence-electron chi connectivity index (χ0n) is 20.7. The fourth-order valence-corrected chi connectivity index (χ4v) is 4.29. The zero-order valence-corrected chi connectivity index (χ0v) is 20.7. The van der Waals surface area contributed by atoms with Crippen LogP contribution in [-0.4, -0.2) is 42.0 Å². The van der Waals surface area contributed by atoms with E-state index < -0.39 is 12.1 Å². The number of rotatable bonds is 12. The van der Waals surface area contributed by atoms with E-state index in [1.807, 2.05) is 85.9 Å². The molecule has 4 N–H and O–H groups in total. The van der Waals surface area contributed by atoms with Crippen molar-refractivity contribution in [2.75, 3.05) is 13.1 Å².